The van der Waals surface area contributed by atoms with Crippen LogP contribution >= 0.6 is 0 Å². The Balaban J connectivity index is 1.52. The molecule has 0 bridgehead atoms. The minimum absolute atomic E-state index is 0.0120. The highest BCUT2D eigenvalue weighted by Crippen LogP contribution is 2.62. The lowest BCUT2D eigenvalue weighted by molar-refractivity contribution is -0.384. The third-order valence-corrected chi connectivity index (χ3v) is 11.8. The van der Waals surface area contributed by atoms with Gasteiger partial charge in [-0.3, -0.25) is 19.9 Å². The third kappa shape index (κ3) is 9.85. The van der Waals surface area contributed by atoms with Crippen LogP contribution in [-0.2, 0) is 20.9 Å². The van der Waals surface area contributed by atoms with Crippen molar-refractivity contribution in [2.24, 2.45) is 22.9 Å². The van der Waals surface area contributed by atoms with Gasteiger partial charge >= 0.3 is 6.09 Å². The summed E-state index contributed by atoms with van der Waals surface area (Å²) in [6, 6.07) is 11.5. The Morgan fingerprint density at radius 1 is 1.10 bits per heavy atom. The van der Waals surface area contributed by atoms with Crippen LogP contribution in [0.3, 0.4) is 0 Å². The second-order valence-electron chi connectivity index (χ2n) is 15.6. The number of allylic oxidation sites excluding steroid dienone is 1. The van der Waals surface area contributed by atoms with Crippen molar-refractivity contribution in [1.29, 1.82) is 0 Å². The number of unbranched alkanes of at least 4 members (excludes halogenated alkanes) is 2. The molecule has 0 radical (unpaired) electrons. The number of benzene rings is 2. The van der Waals surface area contributed by atoms with E-state index in [4.69, 9.17) is 28.9 Å². The van der Waals surface area contributed by atoms with E-state index in [0.29, 0.717) is 49.4 Å². The Morgan fingerprint density at radius 3 is 2.53 bits per heavy atom. The number of amides is 1. The number of aliphatic hydroxyl groups excluding tert-OH is 2. The van der Waals surface area contributed by atoms with Crippen molar-refractivity contribution in [3.63, 3.8) is 0 Å². The van der Waals surface area contributed by atoms with Gasteiger partial charge in [0, 0.05) is 69.4 Å². The van der Waals surface area contributed by atoms with Crippen LogP contribution in [0.4, 0.5) is 10.5 Å². The van der Waals surface area contributed by atoms with Gasteiger partial charge in [-0.2, -0.15) is 0 Å². The second-order valence-corrected chi connectivity index (χ2v) is 15.6. The predicted octanol–water partition coefficient (Wildman–Crippen LogP) is 6.99. The van der Waals surface area contributed by atoms with Gasteiger partial charge in [0.05, 0.1) is 29.8 Å². The molecule has 58 heavy (non-hydrogen) atoms. The van der Waals surface area contributed by atoms with Gasteiger partial charge in [0.15, 0.2) is 0 Å². The van der Waals surface area contributed by atoms with E-state index < -0.39 is 28.8 Å². The topological polar surface area (TPSA) is 165 Å². The molecular formula is C44H60N4O10. The van der Waals surface area contributed by atoms with Crippen LogP contribution in [-0.4, -0.2) is 108 Å². The van der Waals surface area contributed by atoms with Crippen LogP contribution < -0.4 is 9.47 Å². The fourth-order valence-electron chi connectivity index (χ4n) is 9.05. The number of hydrogen-bond acceptors (Lipinski definition) is 12. The lowest BCUT2D eigenvalue weighted by Crippen LogP contribution is -2.70. The molecular weight excluding hydrogens is 745 g/mol. The minimum Gasteiger partial charge on any atom is -0.492 e. The Bertz CT molecular complexity index is 1760. The zero-order chi connectivity index (χ0) is 41.1. The number of rotatable bonds is 23. The molecule has 0 aromatic heterocycles. The minimum atomic E-state index is -1.38. The molecule has 14 nitrogen and oxygen atoms in total. The predicted molar refractivity (Wildman–Crippen MR) is 219 cm³/mol. The summed E-state index contributed by atoms with van der Waals surface area (Å²) in [5.74, 6) is -0.479. The van der Waals surface area contributed by atoms with Gasteiger partial charge < -0.3 is 34.0 Å². The summed E-state index contributed by atoms with van der Waals surface area (Å²) in [5.41, 5.74) is 3.27. The van der Waals surface area contributed by atoms with Crippen LogP contribution in [0.1, 0.15) is 82.3 Å². The first-order chi connectivity index (χ1) is 28.3. The number of ether oxygens (including phenoxy) is 4. The largest absolute Gasteiger partial charge is 0.492 e. The number of aliphatic hydroxyl groups is 2. The van der Waals surface area contributed by atoms with Gasteiger partial charge in [0.2, 0.25) is 5.79 Å². The van der Waals surface area contributed by atoms with Crippen molar-refractivity contribution < 1.29 is 43.7 Å². The molecule has 1 amide bonds. The molecule has 0 spiro atoms. The first-order valence-electron chi connectivity index (χ1n) is 21.0. The molecule has 2 fully saturated rings. The monoisotopic (exact) mass is 804 g/mol. The molecule has 1 saturated heterocycles. The van der Waals surface area contributed by atoms with Crippen LogP contribution in [0, 0.1) is 27.9 Å². The van der Waals surface area contributed by atoms with Crippen molar-refractivity contribution in [3.8, 4) is 11.5 Å². The van der Waals surface area contributed by atoms with Gasteiger partial charge in [0.1, 0.15) is 30.8 Å². The van der Waals surface area contributed by atoms with Crippen molar-refractivity contribution >= 4 is 17.5 Å². The highest BCUT2D eigenvalue weighted by atomic mass is 16.7. The summed E-state index contributed by atoms with van der Waals surface area (Å²) < 4.78 is 26.3. The molecule has 1 saturated carbocycles. The quantitative estimate of drug-likeness (QED) is 0.0391. The summed E-state index contributed by atoms with van der Waals surface area (Å²) in [4.78, 5) is 35.0. The number of nitro groups is 1. The van der Waals surface area contributed by atoms with Gasteiger partial charge in [-0.25, -0.2) is 4.79 Å². The van der Waals surface area contributed by atoms with Crippen molar-refractivity contribution in [2.75, 3.05) is 59.2 Å². The number of oxime groups is 1. The molecule has 14 heteroatoms. The Kier molecular flexibility index (Phi) is 15.2. The van der Waals surface area contributed by atoms with Gasteiger partial charge in [-0.1, -0.05) is 37.1 Å². The fraction of sp³-hybridized carbons (Fsp3) is 0.591. The number of fused-ring (bicyclic) bond motifs is 2. The van der Waals surface area contributed by atoms with E-state index in [9.17, 15) is 25.1 Å². The Hall–Kier alpha value is -4.50. The van der Waals surface area contributed by atoms with E-state index >= 15 is 0 Å². The van der Waals surface area contributed by atoms with Crippen molar-refractivity contribution in [3.05, 3.63) is 88.0 Å². The Morgan fingerprint density at radius 2 is 1.86 bits per heavy atom. The summed E-state index contributed by atoms with van der Waals surface area (Å²) in [5, 5.41) is 35.9. The molecule has 2 aromatic carbocycles. The maximum Gasteiger partial charge on any atom is 0.410 e. The zero-order valence-corrected chi connectivity index (χ0v) is 34.0. The molecule has 4 aliphatic rings. The first kappa shape index (κ1) is 43.1. The highest BCUT2D eigenvalue weighted by Gasteiger charge is 2.65. The maximum atomic E-state index is 14.0. The molecule has 2 aliphatic heterocycles. The average molecular weight is 805 g/mol. The van der Waals surface area contributed by atoms with E-state index in [2.05, 4.69) is 23.6 Å². The number of hydrogen-bond donors (Lipinski definition) is 2. The van der Waals surface area contributed by atoms with E-state index in [1.807, 2.05) is 19.1 Å². The van der Waals surface area contributed by atoms with Crippen molar-refractivity contribution in [2.45, 2.75) is 89.6 Å². The lowest BCUT2D eigenvalue weighted by Gasteiger charge is -2.59. The van der Waals surface area contributed by atoms with Crippen LogP contribution in [0.25, 0.3) is 0 Å². The summed E-state index contributed by atoms with van der Waals surface area (Å²) >= 11 is 0. The smallest absolute Gasteiger partial charge is 0.410 e. The van der Waals surface area contributed by atoms with E-state index in [-0.39, 0.29) is 62.9 Å². The third-order valence-electron chi connectivity index (χ3n) is 11.8. The van der Waals surface area contributed by atoms with E-state index in [1.165, 1.54) is 12.1 Å². The average Bonchev–Trinajstić information content (AvgIpc) is 4.06. The van der Waals surface area contributed by atoms with Crippen molar-refractivity contribution in [1.82, 2.24) is 9.80 Å². The zero-order valence-electron chi connectivity index (χ0n) is 34.0. The van der Waals surface area contributed by atoms with Gasteiger partial charge in [-0.05, 0) is 92.3 Å². The number of carbonyl (C=O) groups is 1. The summed E-state index contributed by atoms with van der Waals surface area (Å²) in [6.07, 6.45) is 8.99. The fourth-order valence-corrected chi connectivity index (χ4v) is 9.05. The summed E-state index contributed by atoms with van der Waals surface area (Å²) in [7, 11) is 0. The SMILES string of the molecule is C=CCO[C@@]12Oc3ccc(OCCN4CC4)cc3[C@H]3[C@H](CCCCO)[C@@H](CCCCO)C=C(C(=NOCc4ccc([N+](=O)[O-])cc4)C[C@@H]1N(CCC)C(=O)OCC)[C@H]32. The van der Waals surface area contributed by atoms with Crippen LogP contribution in [0.2, 0.25) is 0 Å². The molecule has 6 atom stereocenters. The second kappa shape index (κ2) is 20.5. The van der Waals surface area contributed by atoms with E-state index in [0.717, 1.165) is 62.2 Å². The molecule has 2 aliphatic carbocycles. The van der Waals surface area contributed by atoms with Crippen LogP contribution in [0.5, 0.6) is 11.5 Å². The molecule has 0 unspecified atom stereocenters. The molecule has 6 rings (SSSR count). The maximum absolute atomic E-state index is 14.0. The Labute approximate surface area is 341 Å². The summed E-state index contributed by atoms with van der Waals surface area (Å²) in [6.45, 7) is 12.4. The molecule has 316 valence electrons. The first-order valence-corrected chi connectivity index (χ1v) is 21.0. The number of nitrogens with zero attached hydrogens (tertiary/aromatic N) is 4. The number of carbonyl (C=O) groups excluding carboxylic acids is 1. The molecule has 2 N–H and O–H groups in total. The molecule has 2 aromatic rings. The normalized spacial score (nSPS) is 25.1. The van der Waals surface area contributed by atoms with E-state index in [1.54, 1.807) is 30.0 Å². The molecule has 2 heterocycles. The van der Waals surface area contributed by atoms with Gasteiger partial charge in [-0.15, -0.1) is 6.58 Å². The standard InChI is InChI=1S/C44H60N4O10/c1-4-19-47(43(51)54-6-3)40-29-38(45-57-30-31-13-15-33(16-14-31)48(52)53)36-27-32(11-7-9-23-49)35(12-8-10-24-50)41-37-28-34(55-26-22-46-20-21-46)17-18-39(37)58-44(40,42(36)41)56-25-5-2/h5,13-18,27-28,32,35,40-42,49-50H,2,4,6-12,19-26,29-30H2,1,3H3/t32-,35+,40-,41+,42+,44+/m0/s1. The van der Waals surface area contributed by atoms with Gasteiger partial charge in [0.25, 0.3) is 5.69 Å². The lowest BCUT2D eigenvalue weighted by atomic mass is 9.55. The highest BCUT2D eigenvalue weighted by molar-refractivity contribution is 6.03. The van der Waals surface area contributed by atoms with Crippen LogP contribution in [0.15, 0.2) is 71.9 Å². The number of nitro benzene ring substituents is 1. The number of non-ortho nitro benzene ring substituents is 1.